The smallest absolute Gasteiger partial charge is 0.253 e. The number of nitrogens with one attached hydrogen (secondary N) is 1. The fourth-order valence-corrected chi connectivity index (χ4v) is 7.23. The fraction of sp³-hybridized carbons (Fsp3) is 0.353. The van der Waals surface area contributed by atoms with Crippen molar-refractivity contribution in [1.29, 1.82) is 0 Å². The molecule has 1 N–H and O–H groups in total. The maximum absolute atomic E-state index is 12.9. The number of anilines is 1. The Morgan fingerprint density at radius 3 is 2.55 bits per heavy atom. The molecule has 0 aliphatic carbocycles. The Morgan fingerprint density at radius 1 is 1.21 bits per heavy atom. The van der Waals surface area contributed by atoms with Gasteiger partial charge in [0.05, 0.1) is 9.23 Å². The normalized spacial score (nSPS) is 18.3. The highest BCUT2D eigenvalue weighted by atomic mass is 35.5. The molecular formula is C17H20ClN3O5S3. The quantitative estimate of drug-likeness (QED) is 0.688. The third kappa shape index (κ3) is 4.49. The summed E-state index contributed by atoms with van der Waals surface area (Å²) < 4.78 is 53.0. The number of rotatable bonds is 6. The predicted molar refractivity (Wildman–Crippen MR) is 112 cm³/mol. The van der Waals surface area contributed by atoms with Gasteiger partial charge in [0.25, 0.3) is 10.0 Å². The topological polar surface area (TPSA) is 104 Å². The Balaban J connectivity index is 1.82. The molecule has 1 aliphatic heterocycles. The number of carbonyl (C=O) groups excluding carboxylic acids is 1. The molecule has 1 fully saturated rings. The van der Waals surface area contributed by atoms with Gasteiger partial charge in [0, 0.05) is 26.3 Å². The minimum absolute atomic E-state index is 0.0319. The molecule has 8 nitrogen and oxygen atoms in total. The zero-order valence-electron chi connectivity index (χ0n) is 15.7. The number of carbonyl (C=O) groups is 1. The van der Waals surface area contributed by atoms with Crippen molar-refractivity contribution in [3.8, 4) is 0 Å². The van der Waals surface area contributed by atoms with Crippen LogP contribution in [0.4, 0.5) is 5.69 Å². The number of nitrogens with zero attached hydrogens (tertiary/aromatic N) is 2. The maximum Gasteiger partial charge on any atom is 0.253 e. The van der Waals surface area contributed by atoms with Crippen LogP contribution in [0.2, 0.25) is 4.34 Å². The van der Waals surface area contributed by atoms with Gasteiger partial charge in [-0.15, -0.1) is 11.3 Å². The average molecular weight is 478 g/mol. The van der Waals surface area contributed by atoms with Crippen LogP contribution in [0.1, 0.15) is 12.8 Å². The number of hydrogen-bond acceptors (Lipinski definition) is 6. The predicted octanol–water partition coefficient (Wildman–Crippen LogP) is 2.44. The molecule has 1 aromatic carbocycles. The zero-order valence-corrected chi connectivity index (χ0v) is 18.9. The summed E-state index contributed by atoms with van der Waals surface area (Å²) in [6.45, 7) is 0.227. The molecule has 1 amide bonds. The van der Waals surface area contributed by atoms with E-state index < -0.39 is 32.0 Å². The van der Waals surface area contributed by atoms with E-state index in [9.17, 15) is 21.6 Å². The van der Waals surface area contributed by atoms with Gasteiger partial charge < -0.3 is 5.32 Å². The Bertz CT molecular complexity index is 1130. The highest BCUT2D eigenvalue weighted by Crippen LogP contribution is 2.32. The Kier molecular flexibility index (Phi) is 6.37. The van der Waals surface area contributed by atoms with E-state index in [-0.39, 0.29) is 21.3 Å². The molecule has 0 bridgehead atoms. The summed E-state index contributed by atoms with van der Waals surface area (Å²) in [5.41, 5.74) is 0.279. The van der Waals surface area contributed by atoms with Crippen molar-refractivity contribution in [3.63, 3.8) is 0 Å². The molecule has 1 saturated heterocycles. The van der Waals surface area contributed by atoms with Gasteiger partial charge in [0.15, 0.2) is 0 Å². The summed E-state index contributed by atoms with van der Waals surface area (Å²) >= 11 is 6.80. The van der Waals surface area contributed by atoms with Gasteiger partial charge in [0.2, 0.25) is 15.9 Å². The van der Waals surface area contributed by atoms with Crippen LogP contribution >= 0.6 is 22.9 Å². The van der Waals surface area contributed by atoms with E-state index in [0.29, 0.717) is 17.2 Å². The van der Waals surface area contributed by atoms with Gasteiger partial charge in [0.1, 0.15) is 10.3 Å². The van der Waals surface area contributed by atoms with Gasteiger partial charge in [-0.1, -0.05) is 17.7 Å². The molecule has 158 valence electrons. The molecule has 12 heteroatoms. The van der Waals surface area contributed by atoms with Crippen LogP contribution in [0.5, 0.6) is 0 Å². The first-order chi connectivity index (χ1) is 13.5. The monoisotopic (exact) mass is 477 g/mol. The van der Waals surface area contributed by atoms with Gasteiger partial charge in [-0.05, 0) is 43.2 Å². The van der Waals surface area contributed by atoms with Crippen LogP contribution in [0.25, 0.3) is 0 Å². The highest BCUT2D eigenvalue weighted by Gasteiger charge is 2.40. The summed E-state index contributed by atoms with van der Waals surface area (Å²) in [6.07, 6.45) is 0.922. The zero-order chi connectivity index (χ0) is 21.4. The lowest BCUT2D eigenvalue weighted by molar-refractivity contribution is -0.119. The van der Waals surface area contributed by atoms with Gasteiger partial charge in [-0.3, -0.25) is 4.79 Å². The number of sulfonamides is 2. The van der Waals surface area contributed by atoms with Crippen molar-refractivity contribution in [1.82, 2.24) is 8.61 Å². The van der Waals surface area contributed by atoms with Gasteiger partial charge in [-0.2, -0.15) is 4.31 Å². The number of hydrogen-bond donors (Lipinski definition) is 1. The highest BCUT2D eigenvalue weighted by molar-refractivity contribution is 7.91. The first kappa shape index (κ1) is 22.2. The van der Waals surface area contributed by atoms with Crippen molar-refractivity contribution >= 4 is 54.6 Å². The van der Waals surface area contributed by atoms with E-state index in [1.807, 2.05) is 0 Å². The van der Waals surface area contributed by atoms with Crippen LogP contribution < -0.4 is 5.32 Å². The lowest BCUT2D eigenvalue weighted by Gasteiger charge is -2.22. The van der Waals surface area contributed by atoms with Gasteiger partial charge in [-0.25, -0.2) is 21.1 Å². The molecular weight excluding hydrogens is 458 g/mol. The molecule has 2 heterocycles. The molecule has 3 rings (SSSR count). The van der Waals surface area contributed by atoms with Crippen LogP contribution in [0.3, 0.4) is 0 Å². The second kappa shape index (κ2) is 8.32. The lowest BCUT2D eigenvalue weighted by Crippen LogP contribution is -2.42. The number of benzene rings is 1. The summed E-state index contributed by atoms with van der Waals surface area (Å²) in [5.74, 6) is -0.506. The lowest BCUT2D eigenvalue weighted by atomic mass is 10.2. The third-order valence-corrected chi connectivity index (χ3v) is 9.92. The molecule has 29 heavy (non-hydrogen) atoms. The van der Waals surface area contributed by atoms with E-state index in [1.54, 1.807) is 6.07 Å². The SMILES string of the molecule is CN(C)S(=O)(=O)c1cccc(NC(=O)[C@H]2CCCN2S(=O)(=O)c2ccc(Cl)s2)c1. The first-order valence-electron chi connectivity index (χ1n) is 8.64. The van der Waals surface area contributed by atoms with Gasteiger partial charge >= 0.3 is 0 Å². The molecule has 0 saturated carbocycles. The first-order valence-corrected chi connectivity index (χ1v) is 12.7. The summed E-state index contributed by atoms with van der Waals surface area (Å²) in [4.78, 5) is 12.8. The summed E-state index contributed by atoms with van der Waals surface area (Å²) in [6, 6.07) is 7.89. The van der Waals surface area contributed by atoms with E-state index >= 15 is 0 Å². The molecule has 1 aromatic heterocycles. The van der Waals surface area contributed by atoms with Crippen LogP contribution in [0.15, 0.2) is 45.5 Å². The average Bonchev–Trinajstić information content (AvgIpc) is 3.31. The second-order valence-corrected chi connectivity index (χ2v) is 12.6. The Hall–Kier alpha value is -1.50. The maximum atomic E-state index is 12.9. The third-order valence-electron chi connectivity index (χ3n) is 4.50. The van der Waals surface area contributed by atoms with E-state index in [2.05, 4.69) is 5.32 Å². The fourth-order valence-electron chi connectivity index (χ4n) is 3.01. The molecule has 0 spiro atoms. The minimum Gasteiger partial charge on any atom is -0.325 e. The minimum atomic E-state index is -3.84. The van der Waals surface area contributed by atoms with Crippen LogP contribution in [0, 0.1) is 0 Å². The van der Waals surface area contributed by atoms with E-state index in [4.69, 9.17) is 11.6 Å². The Morgan fingerprint density at radius 2 is 1.93 bits per heavy atom. The summed E-state index contributed by atoms with van der Waals surface area (Å²) in [7, 11) is -4.67. The van der Waals surface area contributed by atoms with Crippen LogP contribution in [-0.2, 0) is 24.8 Å². The van der Waals surface area contributed by atoms with Crippen molar-refractivity contribution in [3.05, 3.63) is 40.7 Å². The summed E-state index contributed by atoms with van der Waals surface area (Å²) in [5, 5.41) is 2.64. The standard InChI is InChI=1S/C17H20ClN3O5S3/c1-20(2)28(23,24)13-6-3-5-12(11-13)19-17(22)14-7-4-10-21(14)29(25,26)16-9-8-15(18)27-16/h3,5-6,8-9,11,14H,4,7,10H2,1-2H3,(H,19,22)/t14-/m1/s1. The van der Waals surface area contributed by atoms with E-state index in [0.717, 1.165) is 15.6 Å². The molecule has 0 radical (unpaired) electrons. The van der Waals surface area contributed by atoms with Crippen LogP contribution in [-0.4, -0.2) is 58.0 Å². The number of thiophene rings is 1. The van der Waals surface area contributed by atoms with Crippen molar-refractivity contribution < 1.29 is 21.6 Å². The van der Waals surface area contributed by atoms with Crippen molar-refractivity contribution in [2.75, 3.05) is 26.0 Å². The second-order valence-electron chi connectivity index (χ2n) is 6.64. The Labute approximate surface area is 179 Å². The molecule has 1 aliphatic rings. The largest absolute Gasteiger partial charge is 0.325 e. The molecule has 0 unspecified atom stereocenters. The van der Waals surface area contributed by atoms with E-state index in [1.165, 1.54) is 48.7 Å². The van der Waals surface area contributed by atoms with Crippen molar-refractivity contribution in [2.24, 2.45) is 0 Å². The molecule has 1 atom stereocenters. The number of halogens is 1. The number of amides is 1. The van der Waals surface area contributed by atoms with Crippen molar-refractivity contribution in [2.45, 2.75) is 28.0 Å². The molecule has 2 aromatic rings.